The molecule has 2 N–H and O–H groups in total. The van der Waals surface area contributed by atoms with Crippen LogP contribution in [0.2, 0.25) is 0 Å². The van der Waals surface area contributed by atoms with Gasteiger partial charge in [0.25, 0.3) is 0 Å². The topological polar surface area (TPSA) is 34.7 Å². The molecule has 0 radical (unpaired) electrons. The lowest BCUT2D eigenvalue weighted by Gasteiger charge is -2.12. The van der Waals surface area contributed by atoms with Crippen molar-refractivity contribution in [3.63, 3.8) is 0 Å². The molecule has 3 aromatic heterocycles. The predicted molar refractivity (Wildman–Crippen MR) is 95.3 cm³/mol. The Morgan fingerprint density at radius 1 is 1.04 bits per heavy atom. The Morgan fingerprint density at radius 2 is 1.92 bits per heavy atom. The fourth-order valence-corrected chi connectivity index (χ4v) is 4.28. The van der Waals surface area contributed by atoms with Gasteiger partial charge in [0.15, 0.2) is 6.04 Å². The van der Waals surface area contributed by atoms with Crippen LogP contribution in [0.1, 0.15) is 22.2 Å². The van der Waals surface area contributed by atoms with E-state index in [1.54, 1.807) is 0 Å². The first kappa shape index (κ1) is 16.4. The van der Waals surface area contributed by atoms with E-state index in [2.05, 4.69) is 63.9 Å². The van der Waals surface area contributed by atoms with Crippen LogP contribution in [-0.4, -0.2) is 4.57 Å². The molecule has 1 aliphatic heterocycles. The molecule has 0 bridgehead atoms. The van der Waals surface area contributed by atoms with Gasteiger partial charge in [0.05, 0.1) is 16.1 Å². The van der Waals surface area contributed by atoms with Crippen molar-refractivity contribution in [2.24, 2.45) is 0 Å². The van der Waals surface area contributed by atoms with E-state index in [4.69, 9.17) is 4.42 Å². The van der Waals surface area contributed by atoms with E-state index < -0.39 is 0 Å². The summed E-state index contributed by atoms with van der Waals surface area (Å²) < 4.78 is 8.47. The zero-order chi connectivity index (χ0) is 15.9. The molecule has 1 aromatic carbocycles. The Balaban J connectivity index is 0.00000157. The summed E-state index contributed by atoms with van der Waals surface area (Å²) >= 11 is 1.81. The minimum atomic E-state index is 0. The van der Waals surface area contributed by atoms with Gasteiger partial charge in [0.1, 0.15) is 12.3 Å². The number of furan rings is 1. The molecular weight excluding hydrogens is 396 g/mol. The summed E-state index contributed by atoms with van der Waals surface area (Å²) in [6.45, 7) is 0.913. The molecule has 5 rings (SSSR count). The standard InChI is InChI=1S/C20H16N2OS.BrH/c1-2-6-14(7-3-1)17-12-15-13-21-19(18-9-5-11-24-18)16-8-4-10-22(16)20(15)23-17;/h1-12,19,21H,13H2;1H. The van der Waals surface area contributed by atoms with Crippen LogP contribution in [0.25, 0.3) is 17.2 Å². The number of nitrogens with two attached hydrogens (primary N) is 1. The number of hydrogen-bond acceptors (Lipinski definition) is 2. The molecule has 0 saturated carbocycles. The van der Waals surface area contributed by atoms with Gasteiger partial charge in [-0.3, -0.25) is 4.57 Å². The Labute approximate surface area is 160 Å². The molecular formula is C20H17BrN2OS. The number of nitrogens with zero attached hydrogens (tertiary/aromatic N) is 1. The van der Waals surface area contributed by atoms with E-state index in [-0.39, 0.29) is 17.0 Å². The predicted octanol–water partition coefficient (Wildman–Crippen LogP) is 0.969. The molecule has 0 aliphatic carbocycles. The van der Waals surface area contributed by atoms with Crippen LogP contribution in [0.3, 0.4) is 0 Å². The number of thiophene rings is 1. The SMILES string of the molecule is [Br-].c1ccc(-c2cc3c(o2)-n2cccc2C(c2cccs2)[NH2+]C3)cc1. The van der Waals surface area contributed by atoms with Crippen molar-refractivity contribution in [1.82, 2.24) is 4.57 Å². The van der Waals surface area contributed by atoms with Gasteiger partial charge in [-0.2, -0.15) is 0 Å². The van der Waals surface area contributed by atoms with E-state index in [0.717, 1.165) is 23.8 Å². The van der Waals surface area contributed by atoms with E-state index in [1.807, 2.05) is 29.5 Å². The van der Waals surface area contributed by atoms with Crippen LogP contribution >= 0.6 is 11.3 Å². The fraction of sp³-hybridized carbons (Fsp3) is 0.100. The van der Waals surface area contributed by atoms with Gasteiger partial charge in [-0.25, -0.2) is 0 Å². The zero-order valence-electron chi connectivity index (χ0n) is 13.4. The average Bonchev–Trinajstić information content (AvgIpc) is 3.36. The van der Waals surface area contributed by atoms with Gasteiger partial charge in [0.2, 0.25) is 5.88 Å². The summed E-state index contributed by atoms with van der Waals surface area (Å²) in [7, 11) is 0. The number of rotatable bonds is 2. The molecule has 0 fully saturated rings. The highest BCUT2D eigenvalue weighted by atomic mass is 79.9. The average molecular weight is 413 g/mol. The molecule has 1 aliphatic rings. The number of aromatic nitrogens is 1. The largest absolute Gasteiger partial charge is 1.00 e. The second kappa shape index (κ2) is 6.67. The molecule has 4 aromatic rings. The quantitative estimate of drug-likeness (QED) is 0.522. The Kier molecular flexibility index (Phi) is 4.37. The monoisotopic (exact) mass is 412 g/mol. The first-order chi connectivity index (χ1) is 11.9. The molecule has 0 spiro atoms. The maximum atomic E-state index is 6.27. The van der Waals surface area contributed by atoms with Crippen molar-refractivity contribution in [3.8, 4) is 17.2 Å². The van der Waals surface area contributed by atoms with Gasteiger partial charge in [0, 0.05) is 11.8 Å². The number of fused-ring (bicyclic) bond motifs is 3. The third-order valence-corrected chi connectivity index (χ3v) is 5.54. The van der Waals surface area contributed by atoms with Crippen LogP contribution < -0.4 is 22.3 Å². The lowest BCUT2D eigenvalue weighted by molar-refractivity contribution is -0.701. The van der Waals surface area contributed by atoms with Crippen LogP contribution in [0.15, 0.2) is 76.7 Å². The van der Waals surface area contributed by atoms with Crippen molar-refractivity contribution in [1.29, 1.82) is 0 Å². The molecule has 1 unspecified atom stereocenters. The van der Waals surface area contributed by atoms with Gasteiger partial charge >= 0.3 is 0 Å². The normalized spacial score (nSPS) is 15.8. The zero-order valence-corrected chi connectivity index (χ0v) is 15.8. The first-order valence-corrected chi connectivity index (χ1v) is 9.00. The van der Waals surface area contributed by atoms with E-state index in [1.165, 1.54) is 16.1 Å². The number of quaternary nitrogens is 1. The molecule has 1 atom stereocenters. The second-order valence-electron chi connectivity index (χ2n) is 6.04. The molecule has 5 heteroatoms. The molecule has 126 valence electrons. The highest BCUT2D eigenvalue weighted by molar-refractivity contribution is 7.10. The molecule has 0 saturated heterocycles. The first-order valence-electron chi connectivity index (χ1n) is 8.12. The van der Waals surface area contributed by atoms with E-state index in [0.29, 0.717) is 6.04 Å². The smallest absolute Gasteiger partial charge is 0.213 e. The molecule has 0 amide bonds. The van der Waals surface area contributed by atoms with Crippen molar-refractivity contribution < 1.29 is 26.7 Å². The number of benzene rings is 1. The van der Waals surface area contributed by atoms with Crippen LogP contribution in [-0.2, 0) is 6.54 Å². The lowest BCUT2D eigenvalue weighted by atomic mass is 10.1. The van der Waals surface area contributed by atoms with Crippen LogP contribution in [0.5, 0.6) is 0 Å². The van der Waals surface area contributed by atoms with Gasteiger partial charge in [-0.15, -0.1) is 11.3 Å². The highest BCUT2D eigenvalue weighted by Gasteiger charge is 2.29. The minimum absolute atomic E-state index is 0. The fourth-order valence-electron chi connectivity index (χ4n) is 3.44. The second-order valence-corrected chi connectivity index (χ2v) is 7.02. The minimum Gasteiger partial charge on any atom is -1.00 e. The van der Waals surface area contributed by atoms with Gasteiger partial charge in [-0.1, -0.05) is 36.4 Å². The summed E-state index contributed by atoms with van der Waals surface area (Å²) in [5, 5.41) is 4.54. The molecule has 4 heterocycles. The maximum Gasteiger partial charge on any atom is 0.213 e. The number of hydrogen-bond donors (Lipinski definition) is 1. The van der Waals surface area contributed by atoms with E-state index >= 15 is 0 Å². The van der Waals surface area contributed by atoms with Gasteiger partial charge in [-0.05, 0) is 29.6 Å². The summed E-state index contributed by atoms with van der Waals surface area (Å²) in [6, 6.07) is 21.4. The Bertz CT molecular complexity index is 972. The Hall–Kier alpha value is -2.08. The van der Waals surface area contributed by atoms with Crippen LogP contribution in [0, 0.1) is 0 Å². The third-order valence-electron chi connectivity index (χ3n) is 4.59. The summed E-state index contributed by atoms with van der Waals surface area (Å²) in [5.41, 5.74) is 3.63. The summed E-state index contributed by atoms with van der Waals surface area (Å²) in [5.74, 6) is 1.88. The van der Waals surface area contributed by atoms with Crippen molar-refractivity contribution >= 4 is 11.3 Å². The van der Waals surface area contributed by atoms with Crippen LogP contribution in [0.4, 0.5) is 0 Å². The highest BCUT2D eigenvalue weighted by Crippen LogP contribution is 2.33. The lowest BCUT2D eigenvalue weighted by Crippen LogP contribution is -3.00. The van der Waals surface area contributed by atoms with Crippen molar-refractivity contribution in [3.05, 3.63) is 88.4 Å². The van der Waals surface area contributed by atoms with E-state index in [9.17, 15) is 0 Å². The molecule has 3 nitrogen and oxygen atoms in total. The third kappa shape index (κ3) is 2.78. The van der Waals surface area contributed by atoms with Crippen molar-refractivity contribution in [2.45, 2.75) is 12.6 Å². The Morgan fingerprint density at radius 3 is 2.72 bits per heavy atom. The number of halogens is 1. The summed E-state index contributed by atoms with van der Waals surface area (Å²) in [4.78, 5) is 1.38. The van der Waals surface area contributed by atoms with Gasteiger partial charge < -0.3 is 26.7 Å². The molecule has 25 heavy (non-hydrogen) atoms. The maximum absolute atomic E-state index is 6.27. The van der Waals surface area contributed by atoms with Crippen molar-refractivity contribution in [2.75, 3.05) is 0 Å². The summed E-state index contributed by atoms with van der Waals surface area (Å²) in [6.07, 6.45) is 2.10.